The molecule has 0 aliphatic heterocycles. The number of alkyl halides is 3. The van der Waals surface area contributed by atoms with Gasteiger partial charge in [-0.3, -0.25) is 4.79 Å². The van der Waals surface area contributed by atoms with E-state index in [1.165, 1.54) is 13.1 Å². The number of amides is 1. The zero-order valence-corrected chi connectivity index (χ0v) is 11.3. The van der Waals surface area contributed by atoms with Crippen LogP contribution in [0.5, 0.6) is 0 Å². The van der Waals surface area contributed by atoms with Crippen LogP contribution in [0, 0.1) is 0 Å². The molecule has 7 heteroatoms. The summed E-state index contributed by atoms with van der Waals surface area (Å²) in [5.41, 5.74) is -0.313. The lowest BCUT2D eigenvalue weighted by Gasteiger charge is -2.16. The molecule has 0 saturated heterocycles. The fourth-order valence-electron chi connectivity index (χ4n) is 1.32. The molecule has 3 nitrogen and oxygen atoms in total. The predicted molar refractivity (Wildman–Crippen MR) is 66.3 cm³/mol. The number of nitrogens with one attached hydrogen (secondary N) is 2. The van der Waals surface area contributed by atoms with Crippen LogP contribution < -0.4 is 10.6 Å². The molecule has 0 aliphatic rings. The van der Waals surface area contributed by atoms with E-state index in [0.29, 0.717) is 5.69 Å². The second-order valence-corrected chi connectivity index (χ2v) is 4.53. The van der Waals surface area contributed by atoms with Gasteiger partial charge in [-0.25, -0.2) is 0 Å². The highest BCUT2D eigenvalue weighted by Gasteiger charge is 2.30. The van der Waals surface area contributed by atoms with Crippen LogP contribution in [0.25, 0.3) is 0 Å². The minimum atomic E-state index is -4.38. The minimum Gasteiger partial charge on any atom is -0.373 e. The molecule has 0 saturated carbocycles. The highest BCUT2D eigenvalue weighted by molar-refractivity contribution is 9.10. The number of carbonyl (C=O) groups is 1. The standard InChI is InChI=1S/C11H12BrF3N2O/c1-6(10(18)16-2)17-9-4-3-7(5-8(9)12)11(13,14)15/h3-6,17H,1-2H3,(H,16,18). The van der Waals surface area contributed by atoms with Gasteiger partial charge in [0, 0.05) is 17.2 Å². The van der Waals surface area contributed by atoms with Gasteiger partial charge in [0.1, 0.15) is 6.04 Å². The quantitative estimate of drug-likeness (QED) is 0.897. The Labute approximate surface area is 111 Å². The molecule has 0 spiro atoms. The minimum absolute atomic E-state index is 0.248. The van der Waals surface area contributed by atoms with Crippen LogP contribution in [0.15, 0.2) is 22.7 Å². The maximum Gasteiger partial charge on any atom is 0.416 e. The van der Waals surface area contributed by atoms with Crippen molar-refractivity contribution in [3.8, 4) is 0 Å². The average Bonchev–Trinajstić information content (AvgIpc) is 2.29. The Morgan fingerprint density at radius 3 is 2.44 bits per heavy atom. The maximum atomic E-state index is 12.4. The van der Waals surface area contributed by atoms with E-state index >= 15 is 0 Å². The monoisotopic (exact) mass is 324 g/mol. The highest BCUT2D eigenvalue weighted by Crippen LogP contribution is 2.34. The van der Waals surface area contributed by atoms with Gasteiger partial charge in [-0.1, -0.05) is 0 Å². The molecule has 1 rings (SSSR count). The SMILES string of the molecule is CNC(=O)C(C)Nc1ccc(C(F)(F)F)cc1Br. The molecule has 1 unspecified atom stereocenters. The van der Waals surface area contributed by atoms with Crippen LogP contribution in [0.3, 0.4) is 0 Å². The Balaban J connectivity index is 2.90. The lowest BCUT2D eigenvalue weighted by atomic mass is 10.2. The van der Waals surface area contributed by atoms with Gasteiger partial charge in [0.15, 0.2) is 0 Å². The number of likely N-dealkylation sites (N-methyl/N-ethyl adjacent to an activating group) is 1. The second kappa shape index (κ2) is 5.60. The largest absolute Gasteiger partial charge is 0.416 e. The molecule has 1 atom stereocenters. The van der Waals surface area contributed by atoms with Crippen molar-refractivity contribution >= 4 is 27.5 Å². The van der Waals surface area contributed by atoms with Crippen molar-refractivity contribution < 1.29 is 18.0 Å². The van der Waals surface area contributed by atoms with Gasteiger partial charge < -0.3 is 10.6 Å². The van der Waals surface area contributed by atoms with E-state index in [9.17, 15) is 18.0 Å². The Bertz CT molecular complexity index is 448. The molecule has 18 heavy (non-hydrogen) atoms. The first-order chi connectivity index (χ1) is 8.25. The third-order valence-corrected chi connectivity index (χ3v) is 2.96. The van der Waals surface area contributed by atoms with Crippen LogP contribution in [0.1, 0.15) is 12.5 Å². The summed E-state index contributed by atoms with van der Waals surface area (Å²) in [4.78, 5) is 11.3. The van der Waals surface area contributed by atoms with E-state index in [4.69, 9.17) is 0 Å². The number of hydrogen-bond donors (Lipinski definition) is 2. The van der Waals surface area contributed by atoms with E-state index in [1.54, 1.807) is 6.92 Å². The topological polar surface area (TPSA) is 41.1 Å². The summed E-state index contributed by atoms with van der Waals surface area (Å²) in [5.74, 6) is -0.248. The van der Waals surface area contributed by atoms with E-state index in [2.05, 4.69) is 26.6 Å². The summed E-state index contributed by atoms with van der Waals surface area (Å²) in [5, 5.41) is 5.26. The summed E-state index contributed by atoms with van der Waals surface area (Å²) in [7, 11) is 1.49. The number of benzene rings is 1. The fraction of sp³-hybridized carbons (Fsp3) is 0.364. The van der Waals surface area contributed by atoms with Crippen molar-refractivity contribution in [1.29, 1.82) is 0 Å². The van der Waals surface area contributed by atoms with Crippen LogP contribution in [0.4, 0.5) is 18.9 Å². The van der Waals surface area contributed by atoms with Gasteiger partial charge in [0.25, 0.3) is 0 Å². The molecule has 0 aliphatic carbocycles. The molecule has 1 aromatic carbocycles. The van der Waals surface area contributed by atoms with Crippen LogP contribution in [-0.4, -0.2) is 19.0 Å². The third-order valence-electron chi connectivity index (χ3n) is 2.31. The van der Waals surface area contributed by atoms with Crippen molar-refractivity contribution in [1.82, 2.24) is 5.32 Å². The van der Waals surface area contributed by atoms with Gasteiger partial charge in [-0.2, -0.15) is 13.2 Å². The van der Waals surface area contributed by atoms with Gasteiger partial charge in [-0.15, -0.1) is 0 Å². The van der Waals surface area contributed by atoms with Gasteiger partial charge in [-0.05, 0) is 41.1 Å². The molecule has 1 aromatic rings. The first-order valence-corrected chi connectivity index (χ1v) is 5.90. The lowest BCUT2D eigenvalue weighted by molar-refractivity contribution is -0.137. The Kier molecular flexibility index (Phi) is 4.61. The Hall–Kier alpha value is -1.24. The molecule has 1 amide bonds. The van der Waals surface area contributed by atoms with Crippen molar-refractivity contribution in [2.75, 3.05) is 12.4 Å². The molecule has 0 aromatic heterocycles. The third kappa shape index (κ3) is 3.63. The first-order valence-electron chi connectivity index (χ1n) is 5.10. The molecular formula is C11H12BrF3N2O. The van der Waals surface area contributed by atoms with E-state index in [-0.39, 0.29) is 10.4 Å². The summed E-state index contributed by atoms with van der Waals surface area (Å²) in [6.07, 6.45) is -4.38. The van der Waals surface area contributed by atoms with Crippen LogP contribution >= 0.6 is 15.9 Å². The van der Waals surface area contributed by atoms with E-state index < -0.39 is 17.8 Å². The highest BCUT2D eigenvalue weighted by atomic mass is 79.9. The first kappa shape index (κ1) is 14.8. The second-order valence-electron chi connectivity index (χ2n) is 3.67. The molecule has 0 fully saturated rings. The lowest BCUT2D eigenvalue weighted by Crippen LogP contribution is -2.35. The zero-order valence-electron chi connectivity index (χ0n) is 9.73. The molecule has 0 radical (unpaired) electrons. The molecule has 0 bridgehead atoms. The maximum absolute atomic E-state index is 12.4. The van der Waals surface area contributed by atoms with Crippen molar-refractivity contribution in [3.05, 3.63) is 28.2 Å². The number of halogens is 4. The number of anilines is 1. The molecule has 0 heterocycles. The molecule has 100 valence electrons. The zero-order chi connectivity index (χ0) is 13.9. The normalized spacial score (nSPS) is 13.0. The number of carbonyl (C=O) groups excluding carboxylic acids is 1. The fourth-order valence-corrected chi connectivity index (χ4v) is 1.82. The van der Waals surface area contributed by atoms with Crippen molar-refractivity contribution in [3.63, 3.8) is 0 Å². The summed E-state index contributed by atoms with van der Waals surface area (Å²) >= 11 is 3.04. The average molecular weight is 325 g/mol. The van der Waals surface area contributed by atoms with Crippen LogP contribution in [0.2, 0.25) is 0 Å². The summed E-state index contributed by atoms with van der Waals surface area (Å²) < 4.78 is 37.6. The van der Waals surface area contributed by atoms with Crippen LogP contribution in [-0.2, 0) is 11.0 Å². The number of rotatable bonds is 3. The summed E-state index contributed by atoms with van der Waals surface area (Å²) in [6, 6.07) is 2.68. The van der Waals surface area contributed by atoms with E-state index in [1.807, 2.05) is 0 Å². The van der Waals surface area contributed by atoms with E-state index in [0.717, 1.165) is 12.1 Å². The summed E-state index contributed by atoms with van der Waals surface area (Å²) in [6.45, 7) is 1.61. The Morgan fingerprint density at radius 1 is 1.39 bits per heavy atom. The van der Waals surface area contributed by atoms with Crippen molar-refractivity contribution in [2.24, 2.45) is 0 Å². The smallest absolute Gasteiger partial charge is 0.373 e. The molecular weight excluding hydrogens is 313 g/mol. The molecule has 2 N–H and O–H groups in total. The van der Waals surface area contributed by atoms with Gasteiger partial charge in [0.2, 0.25) is 5.91 Å². The van der Waals surface area contributed by atoms with Crippen molar-refractivity contribution in [2.45, 2.75) is 19.1 Å². The Morgan fingerprint density at radius 2 is 2.00 bits per heavy atom. The predicted octanol–water partition coefficient (Wildman–Crippen LogP) is 3.01. The van der Waals surface area contributed by atoms with Gasteiger partial charge >= 0.3 is 6.18 Å². The number of hydrogen-bond acceptors (Lipinski definition) is 2. The van der Waals surface area contributed by atoms with Gasteiger partial charge in [0.05, 0.1) is 5.56 Å².